The third-order valence-corrected chi connectivity index (χ3v) is 2.71. The second-order valence-electron chi connectivity index (χ2n) is 4.08. The summed E-state index contributed by atoms with van der Waals surface area (Å²) in [7, 11) is 1.36. The number of ether oxygens (including phenoxy) is 1. The van der Waals surface area contributed by atoms with Crippen LogP contribution in [0.5, 0.6) is 11.5 Å². The van der Waals surface area contributed by atoms with Gasteiger partial charge in [-0.1, -0.05) is 0 Å². The number of amides is 1. The lowest BCUT2D eigenvalue weighted by Crippen LogP contribution is -2.14. The number of hydrogen-bond donors (Lipinski definition) is 2. The highest BCUT2D eigenvalue weighted by molar-refractivity contribution is 6.06. The van der Waals surface area contributed by atoms with Gasteiger partial charge in [-0.2, -0.15) is 0 Å². The van der Waals surface area contributed by atoms with Gasteiger partial charge in [0.25, 0.3) is 5.91 Å². The molecule has 0 bridgehead atoms. The Kier molecular flexibility index (Phi) is 4.02. The Balaban J connectivity index is 2.32. The van der Waals surface area contributed by atoms with E-state index < -0.39 is 29.0 Å². The molecular weight excluding hydrogens is 287 g/mol. The number of methoxy groups -OCH3 is 1. The van der Waals surface area contributed by atoms with Crippen LogP contribution in [0.25, 0.3) is 0 Å². The highest BCUT2D eigenvalue weighted by atomic mass is 19.2. The van der Waals surface area contributed by atoms with Crippen LogP contribution < -0.4 is 10.1 Å². The zero-order valence-electron chi connectivity index (χ0n) is 10.8. The topological polar surface area (TPSA) is 58.6 Å². The summed E-state index contributed by atoms with van der Waals surface area (Å²) >= 11 is 0. The van der Waals surface area contributed by atoms with Crippen LogP contribution in [0.2, 0.25) is 0 Å². The third kappa shape index (κ3) is 3.07. The van der Waals surface area contributed by atoms with E-state index in [1.165, 1.54) is 25.3 Å². The van der Waals surface area contributed by atoms with E-state index in [0.717, 1.165) is 0 Å². The molecule has 7 heteroatoms. The molecule has 4 nitrogen and oxygen atoms in total. The van der Waals surface area contributed by atoms with Crippen LogP contribution in [0.1, 0.15) is 10.4 Å². The number of anilines is 1. The number of nitrogens with one attached hydrogen (secondary N) is 1. The molecule has 2 rings (SSSR count). The Morgan fingerprint density at radius 3 is 2.43 bits per heavy atom. The summed E-state index contributed by atoms with van der Waals surface area (Å²) in [5, 5.41) is 11.7. The molecule has 2 N–H and O–H groups in total. The van der Waals surface area contributed by atoms with E-state index in [9.17, 15) is 23.1 Å². The fourth-order valence-corrected chi connectivity index (χ4v) is 1.63. The molecule has 0 unspecified atom stereocenters. The maximum Gasteiger partial charge on any atom is 0.259 e. The Bertz CT molecular complexity index is 704. The molecule has 0 atom stereocenters. The number of carbonyl (C=O) groups is 1. The van der Waals surface area contributed by atoms with Crippen LogP contribution >= 0.6 is 0 Å². The normalized spacial score (nSPS) is 10.3. The molecule has 1 amide bonds. The average molecular weight is 297 g/mol. The van der Waals surface area contributed by atoms with Crippen LogP contribution in [0.4, 0.5) is 18.9 Å². The van der Waals surface area contributed by atoms with Gasteiger partial charge in [-0.05, 0) is 18.2 Å². The summed E-state index contributed by atoms with van der Waals surface area (Å²) in [6, 6.07) is 4.69. The van der Waals surface area contributed by atoms with E-state index >= 15 is 0 Å². The van der Waals surface area contributed by atoms with Crippen LogP contribution in [0.3, 0.4) is 0 Å². The summed E-state index contributed by atoms with van der Waals surface area (Å²) in [5.41, 5.74) is -0.736. The largest absolute Gasteiger partial charge is 0.507 e. The van der Waals surface area contributed by atoms with Gasteiger partial charge in [0, 0.05) is 12.1 Å². The number of rotatable bonds is 3. The molecule has 0 saturated heterocycles. The van der Waals surface area contributed by atoms with Crippen LogP contribution in [0.15, 0.2) is 30.3 Å². The highest BCUT2D eigenvalue weighted by Crippen LogP contribution is 2.25. The minimum Gasteiger partial charge on any atom is -0.507 e. The van der Waals surface area contributed by atoms with E-state index in [0.29, 0.717) is 17.9 Å². The average Bonchev–Trinajstić information content (AvgIpc) is 2.45. The van der Waals surface area contributed by atoms with Gasteiger partial charge in [0.2, 0.25) is 0 Å². The maximum absolute atomic E-state index is 13.4. The monoisotopic (exact) mass is 297 g/mol. The minimum absolute atomic E-state index is 0.196. The quantitative estimate of drug-likeness (QED) is 0.856. The van der Waals surface area contributed by atoms with Crippen LogP contribution in [0, 0.1) is 17.5 Å². The number of phenolic OH excluding ortho intramolecular Hbond substituents is 1. The Morgan fingerprint density at radius 1 is 1.10 bits per heavy atom. The lowest BCUT2D eigenvalue weighted by Gasteiger charge is -2.09. The van der Waals surface area contributed by atoms with Crippen molar-refractivity contribution >= 4 is 11.6 Å². The molecule has 2 aromatic carbocycles. The first-order valence-corrected chi connectivity index (χ1v) is 5.75. The van der Waals surface area contributed by atoms with Gasteiger partial charge in [0.1, 0.15) is 17.3 Å². The summed E-state index contributed by atoms with van der Waals surface area (Å²) < 4.78 is 44.2. The minimum atomic E-state index is -1.37. The lowest BCUT2D eigenvalue weighted by molar-refractivity contribution is 0.102. The molecule has 0 radical (unpaired) electrons. The van der Waals surface area contributed by atoms with Crippen molar-refractivity contribution < 1.29 is 27.8 Å². The van der Waals surface area contributed by atoms with Gasteiger partial charge >= 0.3 is 0 Å². The van der Waals surface area contributed by atoms with Gasteiger partial charge in [0.05, 0.1) is 18.4 Å². The third-order valence-electron chi connectivity index (χ3n) is 2.71. The second kappa shape index (κ2) is 5.74. The van der Waals surface area contributed by atoms with E-state index in [1.807, 2.05) is 0 Å². The van der Waals surface area contributed by atoms with E-state index in [-0.39, 0.29) is 11.3 Å². The number of carbonyl (C=O) groups excluding carboxylic acids is 1. The molecule has 0 heterocycles. The van der Waals surface area contributed by atoms with E-state index in [1.54, 1.807) is 0 Å². The number of benzene rings is 2. The highest BCUT2D eigenvalue weighted by Gasteiger charge is 2.16. The fourth-order valence-electron chi connectivity index (χ4n) is 1.63. The second-order valence-corrected chi connectivity index (χ2v) is 4.08. The standard InChI is InChI=1S/C14H10F3NO3/c1-21-7-2-3-13(19)8(4-7)14(20)18-12-6-10(16)9(15)5-11(12)17/h2-6,19H,1H3,(H,18,20). The molecule has 2 aromatic rings. The van der Waals surface area contributed by atoms with Crippen molar-refractivity contribution in [3.8, 4) is 11.5 Å². The molecule has 110 valence electrons. The Labute approximate surface area is 117 Å². The molecule has 21 heavy (non-hydrogen) atoms. The number of phenols is 1. The van der Waals surface area contributed by atoms with Gasteiger partial charge in [-0.25, -0.2) is 13.2 Å². The Morgan fingerprint density at radius 2 is 1.76 bits per heavy atom. The predicted octanol–water partition coefficient (Wildman–Crippen LogP) is 3.07. The smallest absolute Gasteiger partial charge is 0.259 e. The molecule has 0 saturated carbocycles. The van der Waals surface area contributed by atoms with Crippen molar-refractivity contribution in [1.82, 2.24) is 0 Å². The van der Waals surface area contributed by atoms with Crippen molar-refractivity contribution in [1.29, 1.82) is 0 Å². The molecule has 0 aliphatic rings. The zero-order chi connectivity index (χ0) is 15.6. The van der Waals surface area contributed by atoms with E-state index in [4.69, 9.17) is 4.74 Å². The maximum atomic E-state index is 13.4. The van der Waals surface area contributed by atoms with Gasteiger partial charge in [-0.15, -0.1) is 0 Å². The Hall–Kier alpha value is -2.70. The van der Waals surface area contributed by atoms with Crippen molar-refractivity contribution in [3.05, 3.63) is 53.3 Å². The van der Waals surface area contributed by atoms with Crippen LogP contribution in [-0.2, 0) is 0 Å². The first kappa shape index (κ1) is 14.7. The lowest BCUT2D eigenvalue weighted by atomic mass is 10.1. The van der Waals surface area contributed by atoms with Gasteiger partial charge in [-0.3, -0.25) is 4.79 Å². The number of halogens is 3. The molecular formula is C14H10F3NO3. The molecule has 0 spiro atoms. The van der Waals surface area contributed by atoms with E-state index in [2.05, 4.69) is 5.32 Å². The first-order valence-electron chi connectivity index (χ1n) is 5.75. The number of hydrogen-bond acceptors (Lipinski definition) is 3. The zero-order valence-corrected chi connectivity index (χ0v) is 10.8. The molecule has 0 aliphatic heterocycles. The SMILES string of the molecule is COc1ccc(O)c(C(=O)Nc2cc(F)c(F)cc2F)c1. The molecule has 0 fully saturated rings. The summed E-state index contributed by atoms with van der Waals surface area (Å²) in [4.78, 5) is 11.9. The van der Waals surface area contributed by atoms with Crippen molar-refractivity contribution in [3.63, 3.8) is 0 Å². The van der Waals surface area contributed by atoms with Crippen molar-refractivity contribution in [2.75, 3.05) is 12.4 Å². The van der Waals surface area contributed by atoms with Crippen LogP contribution in [-0.4, -0.2) is 18.1 Å². The van der Waals surface area contributed by atoms with Crippen molar-refractivity contribution in [2.45, 2.75) is 0 Å². The molecule has 0 aromatic heterocycles. The predicted molar refractivity (Wildman–Crippen MR) is 68.9 cm³/mol. The summed E-state index contributed by atoms with van der Waals surface area (Å²) in [6.45, 7) is 0. The summed E-state index contributed by atoms with van der Waals surface area (Å²) in [5.74, 6) is -4.77. The first-order chi connectivity index (χ1) is 9.92. The van der Waals surface area contributed by atoms with Gasteiger partial charge < -0.3 is 15.2 Å². The van der Waals surface area contributed by atoms with Gasteiger partial charge in [0.15, 0.2) is 11.6 Å². The fraction of sp³-hybridized carbons (Fsp3) is 0.0714. The molecule has 0 aliphatic carbocycles. The summed E-state index contributed by atoms with van der Waals surface area (Å²) in [6.07, 6.45) is 0. The number of aromatic hydroxyl groups is 1. The van der Waals surface area contributed by atoms with Crippen molar-refractivity contribution in [2.24, 2.45) is 0 Å².